The average molecular weight is 222 g/mol. The zero-order chi connectivity index (χ0) is 11.1. The van der Waals surface area contributed by atoms with Gasteiger partial charge in [-0.3, -0.25) is 0 Å². The normalized spacial score (nSPS) is 12.1. The van der Waals surface area contributed by atoms with Crippen molar-refractivity contribution in [2.75, 3.05) is 0 Å². The second-order valence-electron chi connectivity index (χ2n) is 3.49. The lowest BCUT2D eigenvalue weighted by atomic mass is 10.1. The molecule has 0 aliphatic rings. The number of benzene rings is 1. The summed E-state index contributed by atoms with van der Waals surface area (Å²) in [6.07, 6.45) is 7.09. The Morgan fingerprint density at radius 3 is 2.80 bits per heavy atom. The standard InChI is InChI=1S/C13H16ClN/c1-3-7-12(4-2)15-10-11-8-5-6-9-13(11)14/h1,5-6,8-9,12,15H,4,7,10H2,2H3. The van der Waals surface area contributed by atoms with E-state index >= 15 is 0 Å². The van der Waals surface area contributed by atoms with Gasteiger partial charge in [0.15, 0.2) is 0 Å². The van der Waals surface area contributed by atoms with Crippen LogP contribution in [-0.4, -0.2) is 6.04 Å². The number of terminal acetylenes is 1. The van der Waals surface area contributed by atoms with E-state index in [9.17, 15) is 0 Å². The van der Waals surface area contributed by atoms with Crippen molar-refractivity contribution >= 4 is 11.6 Å². The number of rotatable bonds is 5. The van der Waals surface area contributed by atoms with E-state index in [4.69, 9.17) is 18.0 Å². The van der Waals surface area contributed by atoms with Crippen molar-refractivity contribution in [1.82, 2.24) is 5.32 Å². The number of hydrogen-bond acceptors (Lipinski definition) is 1. The Bertz CT molecular complexity index is 341. The van der Waals surface area contributed by atoms with Gasteiger partial charge in [0.1, 0.15) is 0 Å². The maximum Gasteiger partial charge on any atom is 0.0450 e. The predicted molar refractivity (Wildman–Crippen MR) is 65.8 cm³/mol. The fourth-order valence-corrected chi connectivity index (χ4v) is 1.60. The monoisotopic (exact) mass is 221 g/mol. The van der Waals surface area contributed by atoms with Crippen LogP contribution >= 0.6 is 11.6 Å². The van der Waals surface area contributed by atoms with Crippen molar-refractivity contribution in [3.05, 3.63) is 34.9 Å². The van der Waals surface area contributed by atoms with E-state index in [1.807, 2.05) is 24.3 Å². The Labute approximate surface area is 96.8 Å². The second kappa shape index (κ2) is 6.50. The first kappa shape index (κ1) is 12.1. The van der Waals surface area contributed by atoms with E-state index in [-0.39, 0.29) is 0 Å². The summed E-state index contributed by atoms with van der Waals surface area (Å²) in [5.41, 5.74) is 1.12. The molecule has 0 fully saturated rings. The van der Waals surface area contributed by atoms with Gasteiger partial charge in [-0.15, -0.1) is 12.3 Å². The fourth-order valence-electron chi connectivity index (χ4n) is 1.40. The Kier molecular flexibility index (Phi) is 5.25. The van der Waals surface area contributed by atoms with E-state index in [0.29, 0.717) is 6.04 Å². The van der Waals surface area contributed by atoms with Crippen molar-refractivity contribution in [3.63, 3.8) is 0 Å². The van der Waals surface area contributed by atoms with E-state index < -0.39 is 0 Å². The van der Waals surface area contributed by atoms with Crippen LogP contribution in [0.5, 0.6) is 0 Å². The molecule has 0 heterocycles. The molecule has 1 unspecified atom stereocenters. The third kappa shape index (κ3) is 3.95. The van der Waals surface area contributed by atoms with Gasteiger partial charge in [0, 0.05) is 24.0 Å². The minimum absolute atomic E-state index is 0.381. The molecule has 0 aliphatic carbocycles. The topological polar surface area (TPSA) is 12.0 Å². The smallest absolute Gasteiger partial charge is 0.0450 e. The van der Waals surface area contributed by atoms with Crippen LogP contribution in [0.4, 0.5) is 0 Å². The molecule has 15 heavy (non-hydrogen) atoms. The Hall–Kier alpha value is -0.970. The summed E-state index contributed by atoms with van der Waals surface area (Å²) in [5, 5.41) is 4.21. The molecule has 1 nitrogen and oxygen atoms in total. The van der Waals surface area contributed by atoms with Crippen LogP contribution in [0, 0.1) is 12.3 Å². The van der Waals surface area contributed by atoms with Gasteiger partial charge < -0.3 is 5.32 Å². The zero-order valence-electron chi connectivity index (χ0n) is 8.96. The van der Waals surface area contributed by atoms with Crippen LogP contribution in [-0.2, 0) is 6.54 Å². The van der Waals surface area contributed by atoms with Gasteiger partial charge in [0.05, 0.1) is 0 Å². The van der Waals surface area contributed by atoms with Crippen molar-refractivity contribution in [1.29, 1.82) is 0 Å². The van der Waals surface area contributed by atoms with Crippen LogP contribution in [0.2, 0.25) is 5.02 Å². The van der Waals surface area contributed by atoms with Gasteiger partial charge in [0.25, 0.3) is 0 Å². The molecule has 0 radical (unpaired) electrons. The highest BCUT2D eigenvalue weighted by atomic mass is 35.5. The Morgan fingerprint density at radius 1 is 1.47 bits per heavy atom. The highest BCUT2D eigenvalue weighted by Crippen LogP contribution is 2.14. The van der Waals surface area contributed by atoms with Gasteiger partial charge in [-0.1, -0.05) is 36.7 Å². The molecule has 1 N–H and O–H groups in total. The third-order valence-corrected chi connectivity index (χ3v) is 2.76. The quantitative estimate of drug-likeness (QED) is 0.753. The average Bonchev–Trinajstić information content (AvgIpc) is 2.26. The molecule has 0 aromatic heterocycles. The summed E-state index contributed by atoms with van der Waals surface area (Å²) < 4.78 is 0. The van der Waals surface area contributed by atoms with E-state index in [2.05, 4.69) is 18.2 Å². The lowest BCUT2D eigenvalue weighted by Crippen LogP contribution is -2.27. The van der Waals surface area contributed by atoms with Gasteiger partial charge >= 0.3 is 0 Å². The molecular formula is C13H16ClN. The molecule has 0 aliphatic heterocycles. The summed E-state index contributed by atoms with van der Waals surface area (Å²) in [5.74, 6) is 2.67. The largest absolute Gasteiger partial charge is 0.309 e. The maximum absolute atomic E-state index is 6.05. The van der Waals surface area contributed by atoms with Crippen LogP contribution < -0.4 is 5.32 Å². The Balaban J connectivity index is 2.49. The van der Waals surface area contributed by atoms with Crippen molar-refractivity contribution < 1.29 is 0 Å². The second-order valence-corrected chi connectivity index (χ2v) is 3.89. The first-order valence-electron chi connectivity index (χ1n) is 5.18. The number of hydrogen-bond donors (Lipinski definition) is 1. The molecule has 80 valence electrons. The summed E-state index contributed by atoms with van der Waals surface area (Å²) >= 11 is 6.05. The van der Waals surface area contributed by atoms with Crippen LogP contribution in [0.1, 0.15) is 25.3 Å². The summed E-state index contributed by atoms with van der Waals surface area (Å²) in [6, 6.07) is 8.24. The van der Waals surface area contributed by atoms with Crippen molar-refractivity contribution in [2.24, 2.45) is 0 Å². The van der Waals surface area contributed by atoms with Crippen molar-refractivity contribution in [3.8, 4) is 12.3 Å². The molecule has 1 aromatic carbocycles. The lowest BCUT2D eigenvalue weighted by molar-refractivity contribution is 0.507. The molecule has 0 amide bonds. The minimum Gasteiger partial charge on any atom is -0.309 e. The van der Waals surface area contributed by atoms with Gasteiger partial charge in [-0.05, 0) is 18.1 Å². The van der Waals surface area contributed by atoms with Crippen molar-refractivity contribution in [2.45, 2.75) is 32.4 Å². The van der Waals surface area contributed by atoms with Crippen LogP contribution in [0.15, 0.2) is 24.3 Å². The minimum atomic E-state index is 0.381. The highest BCUT2D eigenvalue weighted by molar-refractivity contribution is 6.31. The maximum atomic E-state index is 6.05. The molecule has 1 atom stereocenters. The SMILES string of the molecule is C#CCC(CC)NCc1ccccc1Cl. The third-order valence-electron chi connectivity index (χ3n) is 2.40. The molecule has 0 saturated carbocycles. The Morgan fingerprint density at radius 2 is 2.20 bits per heavy atom. The summed E-state index contributed by atoms with van der Waals surface area (Å²) in [4.78, 5) is 0. The van der Waals surface area contributed by atoms with Gasteiger partial charge in [0.2, 0.25) is 0 Å². The van der Waals surface area contributed by atoms with Gasteiger partial charge in [-0.2, -0.15) is 0 Å². The molecule has 1 rings (SSSR count). The fraction of sp³-hybridized carbons (Fsp3) is 0.385. The van der Waals surface area contributed by atoms with E-state index in [1.54, 1.807) is 0 Å². The van der Waals surface area contributed by atoms with E-state index in [1.165, 1.54) is 0 Å². The summed E-state index contributed by atoms with van der Waals surface area (Å²) in [7, 11) is 0. The molecule has 0 saturated heterocycles. The number of halogens is 1. The lowest BCUT2D eigenvalue weighted by Gasteiger charge is -2.14. The summed E-state index contributed by atoms with van der Waals surface area (Å²) in [6.45, 7) is 2.90. The first-order chi connectivity index (χ1) is 7.27. The molecule has 0 spiro atoms. The highest BCUT2D eigenvalue weighted by Gasteiger charge is 2.04. The van der Waals surface area contributed by atoms with Crippen LogP contribution in [0.3, 0.4) is 0 Å². The molecule has 0 bridgehead atoms. The van der Waals surface area contributed by atoms with Crippen LogP contribution in [0.25, 0.3) is 0 Å². The first-order valence-corrected chi connectivity index (χ1v) is 5.56. The van der Waals surface area contributed by atoms with E-state index in [0.717, 1.165) is 30.0 Å². The number of nitrogens with one attached hydrogen (secondary N) is 1. The zero-order valence-corrected chi connectivity index (χ0v) is 9.72. The van der Waals surface area contributed by atoms with Gasteiger partial charge in [-0.25, -0.2) is 0 Å². The molecule has 1 aromatic rings. The molecule has 2 heteroatoms. The molecular weight excluding hydrogens is 206 g/mol. The predicted octanol–water partition coefficient (Wildman–Crippen LogP) is 3.23.